The van der Waals surface area contributed by atoms with Gasteiger partial charge in [0, 0.05) is 25.5 Å². The van der Waals surface area contributed by atoms with Crippen LogP contribution >= 0.6 is 15.9 Å². The van der Waals surface area contributed by atoms with Crippen molar-refractivity contribution in [2.45, 2.75) is 13.3 Å². The molecule has 0 bridgehead atoms. The molecule has 0 amide bonds. The number of rotatable bonds is 7. The van der Waals surface area contributed by atoms with Gasteiger partial charge in [-0.1, -0.05) is 24.3 Å². The lowest BCUT2D eigenvalue weighted by Gasteiger charge is -2.14. The molecule has 0 unspecified atom stereocenters. The molecule has 2 aromatic rings. The van der Waals surface area contributed by atoms with Gasteiger partial charge in [-0.15, -0.1) is 0 Å². The molecule has 0 spiro atoms. The summed E-state index contributed by atoms with van der Waals surface area (Å²) in [6.07, 6.45) is 0.779. The van der Waals surface area contributed by atoms with Crippen molar-refractivity contribution in [3.63, 3.8) is 0 Å². The summed E-state index contributed by atoms with van der Waals surface area (Å²) in [5.41, 5.74) is 0.474. The summed E-state index contributed by atoms with van der Waals surface area (Å²) in [6.45, 7) is 3.27. The van der Waals surface area contributed by atoms with E-state index in [1.165, 1.54) is 0 Å². The number of ether oxygens (including phenoxy) is 3. The van der Waals surface area contributed by atoms with Crippen molar-refractivity contribution in [3.05, 3.63) is 40.4 Å². The quantitative estimate of drug-likeness (QED) is 0.544. The molecule has 0 aromatic heterocycles. The highest BCUT2D eigenvalue weighted by Crippen LogP contribution is 2.37. The Kier molecular flexibility index (Phi) is 6.21. The molecule has 2 aromatic carbocycles. The van der Waals surface area contributed by atoms with Crippen LogP contribution in [0, 0.1) is 0 Å². The Morgan fingerprint density at radius 3 is 2.73 bits per heavy atom. The summed E-state index contributed by atoms with van der Waals surface area (Å²) in [7, 11) is 1.66. The average Bonchev–Trinajstić information content (AvgIpc) is 2.53. The molecule has 4 nitrogen and oxygen atoms in total. The van der Waals surface area contributed by atoms with E-state index in [0.717, 1.165) is 17.2 Å². The monoisotopic (exact) mass is 366 g/mol. The largest absolute Gasteiger partial charge is 0.492 e. The lowest BCUT2D eigenvalue weighted by atomic mass is 10.1. The zero-order valence-corrected chi connectivity index (χ0v) is 14.3. The van der Waals surface area contributed by atoms with Crippen molar-refractivity contribution >= 4 is 32.7 Å². The Hall–Kier alpha value is -1.59. The second kappa shape index (κ2) is 8.15. The Morgan fingerprint density at radius 2 is 2.00 bits per heavy atom. The van der Waals surface area contributed by atoms with E-state index in [1.54, 1.807) is 14.0 Å². The van der Waals surface area contributed by atoms with Gasteiger partial charge in [-0.25, -0.2) is 4.79 Å². The van der Waals surface area contributed by atoms with Gasteiger partial charge in [0.1, 0.15) is 5.75 Å². The smallest absolute Gasteiger partial charge is 0.339 e. The zero-order chi connectivity index (χ0) is 15.9. The summed E-state index contributed by atoms with van der Waals surface area (Å²) in [4.78, 5) is 12.1. The van der Waals surface area contributed by atoms with Crippen LogP contribution in [0.4, 0.5) is 0 Å². The first-order valence-corrected chi connectivity index (χ1v) is 7.98. The van der Waals surface area contributed by atoms with Gasteiger partial charge in [0.25, 0.3) is 0 Å². The van der Waals surface area contributed by atoms with Gasteiger partial charge in [0.05, 0.1) is 23.2 Å². The van der Waals surface area contributed by atoms with Crippen molar-refractivity contribution in [3.8, 4) is 5.75 Å². The lowest BCUT2D eigenvalue weighted by Crippen LogP contribution is -2.08. The molecular formula is C17H19BrO4. The zero-order valence-electron chi connectivity index (χ0n) is 12.7. The van der Waals surface area contributed by atoms with E-state index in [0.29, 0.717) is 35.6 Å². The third-order valence-electron chi connectivity index (χ3n) is 3.18. The Balaban J connectivity index is 2.41. The first kappa shape index (κ1) is 16.8. The number of esters is 1. The number of carbonyl (C=O) groups is 1. The van der Waals surface area contributed by atoms with Gasteiger partial charge in [-0.2, -0.15) is 0 Å². The number of hydrogen-bond acceptors (Lipinski definition) is 4. The molecule has 0 radical (unpaired) electrons. The molecule has 0 atom stereocenters. The predicted octanol–water partition coefficient (Wildman–Crippen LogP) is 4.19. The van der Waals surface area contributed by atoms with Crippen LogP contribution in [0.15, 0.2) is 34.8 Å². The maximum atomic E-state index is 12.1. The third kappa shape index (κ3) is 3.78. The summed E-state index contributed by atoms with van der Waals surface area (Å²) >= 11 is 3.49. The van der Waals surface area contributed by atoms with E-state index in [4.69, 9.17) is 14.2 Å². The van der Waals surface area contributed by atoms with Gasteiger partial charge >= 0.3 is 5.97 Å². The predicted molar refractivity (Wildman–Crippen MR) is 89.6 cm³/mol. The van der Waals surface area contributed by atoms with Crippen molar-refractivity contribution < 1.29 is 19.0 Å². The van der Waals surface area contributed by atoms with Crippen LogP contribution in [-0.4, -0.2) is 32.9 Å². The molecule has 5 heteroatoms. The standard InChI is InChI=1S/C17H19BrO4/c1-3-21-17(19)14-11-12-7-4-5-8-13(12)16(15(14)18)22-10-6-9-20-2/h4-5,7-8,11H,3,6,9-10H2,1-2H3. The van der Waals surface area contributed by atoms with Gasteiger partial charge < -0.3 is 14.2 Å². The second-order valence-electron chi connectivity index (χ2n) is 4.70. The fourth-order valence-corrected chi connectivity index (χ4v) is 2.77. The minimum absolute atomic E-state index is 0.335. The normalized spacial score (nSPS) is 10.7. The highest BCUT2D eigenvalue weighted by atomic mass is 79.9. The fraction of sp³-hybridized carbons (Fsp3) is 0.353. The summed E-state index contributed by atoms with van der Waals surface area (Å²) < 4.78 is 16.7. The second-order valence-corrected chi connectivity index (χ2v) is 5.50. The molecule has 0 aliphatic heterocycles. The number of benzene rings is 2. The van der Waals surface area contributed by atoms with Crippen LogP contribution in [0.1, 0.15) is 23.7 Å². The van der Waals surface area contributed by atoms with E-state index in [2.05, 4.69) is 15.9 Å². The molecule has 0 aliphatic rings. The van der Waals surface area contributed by atoms with Crippen molar-refractivity contribution in [1.82, 2.24) is 0 Å². The first-order chi connectivity index (χ1) is 10.7. The Labute approximate surface area is 138 Å². The van der Waals surface area contributed by atoms with E-state index in [9.17, 15) is 4.79 Å². The van der Waals surface area contributed by atoms with E-state index in [1.807, 2.05) is 30.3 Å². The molecule has 0 N–H and O–H groups in total. The fourth-order valence-electron chi connectivity index (χ4n) is 2.17. The highest BCUT2D eigenvalue weighted by molar-refractivity contribution is 9.10. The van der Waals surface area contributed by atoms with E-state index < -0.39 is 0 Å². The summed E-state index contributed by atoms with van der Waals surface area (Å²) in [5, 5.41) is 1.90. The van der Waals surface area contributed by atoms with Gasteiger partial charge in [-0.05, 0) is 34.3 Å². The molecule has 2 rings (SSSR count). The number of methoxy groups -OCH3 is 1. The van der Waals surface area contributed by atoms with Gasteiger partial charge in [0.15, 0.2) is 0 Å². The molecule has 0 saturated carbocycles. The van der Waals surface area contributed by atoms with Crippen LogP contribution in [-0.2, 0) is 9.47 Å². The van der Waals surface area contributed by atoms with Gasteiger partial charge in [0.2, 0.25) is 0 Å². The summed E-state index contributed by atoms with van der Waals surface area (Å²) in [6, 6.07) is 9.62. The maximum Gasteiger partial charge on any atom is 0.339 e. The Morgan fingerprint density at radius 1 is 1.23 bits per heavy atom. The Bertz CT molecular complexity index is 654. The number of fused-ring (bicyclic) bond motifs is 1. The van der Waals surface area contributed by atoms with Crippen LogP contribution in [0.2, 0.25) is 0 Å². The molecule has 0 heterocycles. The molecule has 118 valence electrons. The van der Waals surface area contributed by atoms with Crippen molar-refractivity contribution in [1.29, 1.82) is 0 Å². The minimum atomic E-state index is -0.359. The van der Waals surface area contributed by atoms with E-state index >= 15 is 0 Å². The SMILES string of the molecule is CCOC(=O)c1cc2ccccc2c(OCCCOC)c1Br. The number of carbonyl (C=O) groups excluding carboxylic acids is 1. The minimum Gasteiger partial charge on any atom is -0.492 e. The molecule has 0 aliphatic carbocycles. The molecule has 0 fully saturated rings. The molecule has 0 saturated heterocycles. The topological polar surface area (TPSA) is 44.8 Å². The molecule has 22 heavy (non-hydrogen) atoms. The van der Waals surface area contributed by atoms with Crippen LogP contribution in [0.3, 0.4) is 0 Å². The van der Waals surface area contributed by atoms with Crippen LogP contribution in [0.25, 0.3) is 10.8 Å². The van der Waals surface area contributed by atoms with Crippen LogP contribution in [0.5, 0.6) is 5.75 Å². The molecular weight excluding hydrogens is 348 g/mol. The summed E-state index contributed by atoms with van der Waals surface area (Å²) in [5.74, 6) is 0.305. The van der Waals surface area contributed by atoms with E-state index in [-0.39, 0.29) is 5.97 Å². The average molecular weight is 367 g/mol. The number of halogens is 1. The van der Waals surface area contributed by atoms with Crippen LogP contribution < -0.4 is 4.74 Å². The highest BCUT2D eigenvalue weighted by Gasteiger charge is 2.18. The first-order valence-electron chi connectivity index (χ1n) is 7.19. The van der Waals surface area contributed by atoms with Crippen molar-refractivity contribution in [2.24, 2.45) is 0 Å². The number of hydrogen-bond donors (Lipinski definition) is 0. The lowest BCUT2D eigenvalue weighted by molar-refractivity contribution is 0.0525. The van der Waals surface area contributed by atoms with Crippen molar-refractivity contribution in [2.75, 3.05) is 26.9 Å². The van der Waals surface area contributed by atoms with Gasteiger partial charge in [-0.3, -0.25) is 0 Å². The third-order valence-corrected chi connectivity index (χ3v) is 3.96. The maximum absolute atomic E-state index is 12.1.